The van der Waals surface area contributed by atoms with Crippen molar-refractivity contribution < 1.29 is 9.59 Å². The zero-order valence-corrected chi connectivity index (χ0v) is 13.9. The lowest BCUT2D eigenvalue weighted by atomic mass is 10.2. The van der Waals surface area contributed by atoms with Gasteiger partial charge in [0, 0.05) is 29.0 Å². The minimum atomic E-state index is -0.588. The molecule has 2 amide bonds. The number of hydrogen-bond acceptors (Lipinski definition) is 4. The number of amides is 2. The fraction of sp³-hybridized carbons (Fsp3) is 0.0556. The molecule has 2 aromatic rings. The maximum absolute atomic E-state index is 12.0. The van der Waals surface area contributed by atoms with Gasteiger partial charge in [0.1, 0.15) is 11.6 Å². The summed E-state index contributed by atoms with van der Waals surface area (Å²) in [6, 6.07) is 15.0. The first kappa shape index (κ1) is 18.0. The predicted octanol–water partition coefficient (Wildman–Crippen LogP) is 2.38. The van der Waals surface area contributed by atoms with Crippen molar-refractivity contribution in [3.63, 3.8) is 0 Å². The molecule has 0 heterocycles. The molecule has 0 aromatic heterocycles. The summed E-state index contributed by atoms with van der Waals surface area (Å²) in [5.41, 5.74) is 7.08. The van der Waals surface area contributed by atoms with E-state index in [0.717, 1.165) is 11.8 Å². The van der Waals surface area contributed by atoms with Gasteiger partial charge in [-0.2, -0.15) is 5.26 Å². The quantitative estimate of drug-likeness (QED) is 0.435. The van der Waals surface area contributed by atoms with Crippen LogP contribution in [0.15, 0.2) is 60.3 Å². The molecule has 0 radical (unpaired) electrons. The molecule has 4 N–H and O–H groups in total. The Morgan fingerprint density at radius 3 is 2.36 bits per heavy atom. The van der Waals surface area contributed by atoms with Crippen LogP contribution in [-0.4, -0.2) is 11.8 Å². The molecule has 0 aliphatic heterocycles. The smallest absolute Gasteiger partial charge is 0.263 e. The summed E-state index contributed by atoms with van der Waals surface area (Å²) >= 11 is 5.79. The van der Waals surface area contributed by atoms with Crippen LogP contribution >= 0.6 is 11.6 Å². The molecule has 0 saturated carbocycles. The molecule has 0 saturated heterocycles. The minimum absolute atomic E-state index is 0.210. The first-order valence-corrected chi connectivity index (χ1v) is 7.66. The fourth-order valence-electron chi connectivity index (χ4n) is 1.88. The van der Waals surface area contributed by atoms with Crippen LogP contribution in [0.1, 0.15) is 15.9 Å². The van der Waals surface area contributed by atoms with Gasteiger partial charge >= 0.3 is 0 Å². The summed E-state index contributed by atoms with van der Waals surface area (Å²) in [6.07, 6.45) is 1.08. The van der Waals surface area contributed by atoms with Crippen molar-refractivity contribution in [1.82, 2.24) is 10.6 Å². The summed E-state index contributed by atoms with van der Waals surface area (Å²) in [7, 11) is 0. The maximum Gasteiger partial charge on any atom is 0.263 e. The predicted molar refractivity (Wildman–Crippen MR) is 95.3 cm³/mol. The van der Waals surface area contributed by atoms with Gasteiger partial charge in [-0.15, -0.1) is 0 Å². The highest BCUT2D eigenvalue weighted by atomic mass is 35.5. The van der Waals surface area contributed by atoms with E-state index in [9.17, 15) is 9.59 Å². The summed E-state index contributed by atoms with van der Waals surface area (Å²) in [5, 5.41) is 14.7. The molecule has 2 aromatic carbocycles. The van der Waals surface area contributed by atoms with E-state index in [0.29, 0.717) is 16.3 Å². The highest BCUT2D eigenvalue weighted by molar-refractivity contribution is 6.30. The maximum atomic E-state index is 12.0. The van der Waals surface area contributed by atoms with Gasteiger partial charge in [0.15, 0.2) is 0 Å². The molecule has 0 aliphatic rings. The lowest BCUT2D eigenvalue weighted by Gasteiger charge is -2.05. The van der Waals surface area contributed by atoms with Gasteiger partial charge in [-0.3, -0.25) is 9.59 Å². The van der Waals surface area contributed by atoms with Crippen molar-refractivity contribution in [3.8, 4) is 6.07 Å². The van der Waals surface area contributed by atoms with E-state index in [1.165, 1.54) is 0 Å². The van der Waals surface area contributed by atoms with Crippen molar-refractivity contribution in [2.45, 2.75) is 6.54 Å². The molecule has 0 bridgehead atoms. The van der Waals surface area contributed by atoms with E-state index in [1.807, 2.05) is 0 Å². The van der Waals surface area contributed by atoms with Crippen LogP contribution in [-0.2, 0) is 11.3 Å². The molecule has 7 heteroatoms. The second-order valence-electron chi connectivity index (χ2n) is 5.07. The standard InChI is InChI=1S/C18H15ClN4O2/c19-15-5-1-12(2-6-15)10-22-18(25)14(9-20)11-23-17(24)13-3-7-16(21)8-4-13/h1-8,11H,10,21H2,(H,22,25)(H,23,24)/b14-11-. The molecule has 0 atom stereocenters. The van der Waals surface area contributed by atoms with Crippen molar-refractivity contribution >= 4 is 29.1 Å². The van der Waals surface area contributed by atoms with Crippen LogP contribution in [0.2, 0.25) is 5.02 Å². The zero-order chi connectivity index (χ0) is 18.2. The van der Waals surface area contributed by atoms with Gasteiger partial charge in [-0.05, 0) is 42.0 Å². The highest BCUT2D eigenvalue weighted by Gasteiger charge is 2.10. The SMILES string of the molecule is N#C/C(=C/NC(=O)c1ccc(N)cc1)C(=O)NCc1ccc(Cl)cc1. The van der Waals surface area contributed by atoms with Crippen LogP contribution in [0.3, 0.4) is 0 Å². The van der Waals surface area contributed by atoms with E-state index in [1.54, 1.807) is 54.6 Å². The van der Waals surface area contributed by atoms with E-state index in [2.05, 4.69) is 10.6 Å². The number of halogens is 1. The summed E-state index contributed by atoms with van der Waals surface area (Å²) in [6.45, 7) is 0.237. The number of hydrogen-bond donors (Lipinski definition) is 3. The number of nitrogens with two attached hydrogens (primary N) is 1. The van der Waals surface area contributed by atoms with E-state index < -0.39 is 11.8 Å². The molecule has 2 rings (SSSR count). The lowest BCUT2D eigenvalue weighted by molar-refractivity contribution is -0.117. The van der Waals surface area contributed by atoms with E-state index in [4.69, 9.17) is 22.6 Å². The van der Waals surface area contributed by atoms with Crippen LogP contribution < -0.4 is 16.4 Å². The number of carbonyl (C=O) groups is 2. The topological polar surface area (TPSA) is 108 Å². The number of nitrogen functional groups attached to an aromatic ring is 1. The minimum Gasteiger partial charge on any atom is -0.399 e. The fourth-order valence-corrected chi connectivity index (χ4v) is 2.01. The third-order valence-corrected chi connectivity index (χ3v) is 3.50. The van der Waals surface area contributed by atoms with Gasteiger partial charge < -0.3 is 16.4 Å². The van der Waals surface area contributed by atoms with Gasteiger partial charge in [-0.25, -0.2) is 0 Å². The first-order valence-electron chi connectivity index (χ1n) is 7.29. The van der Waals surface area contributed by atoms with Gasteiger partial charge in [-0.1, -0.05) is 23.7 Å². The number of nitrogens with one attached hydrogen (secondary N) is 2. The van der Waals surface area contributed by atoms with Gasteiger partial charge in [0.25, 0.3) is 11.8 Å². The second-order valence-corrected chi connectivity index (χ2v) is 5.51. The van der Waals surface area contributed by atoms with Crippen LogP contribution in [0.5, 0.6) is 0 Å². The van der Waals surface area contributed by atoms with E-state index >= 15 is 0 Å². The summed E-state index contributed by atoms with van der Waals surface area (Å²) < 4.78 is 0. The molecule has 25 heavy (non-hydrogen) atoms. The van der Waals surface area contributed by atoms with Gasteiger partial charge in [0.05, 0.1) is 0 Å². The van der Waals surface area contributed by atoms with Crippen LogP contribution in [0.25, 0.3) is 0 Å². The summed E-state index contributed by atoms with van der Waals surface area (Å²) in [4.78, 5) is 24.0. The molecule has 6 nitrogen and oxygen atoms in total. The van der Waals surface area contributed by atoms with Crippen LogP contribution in [0, 0.1) is 11.3 Å². The van der Waals surface area contributed by atoms with Crippen molar-refractivity contribution in [2.75, 3.05) is 5.73 Å². The zero-order valence-electron chi connectivity index (χ0n) is 13.1. The Morgan fingerprint density at radius 2 is 1.76 bits per heavy atom. The molecular formula is C18H15ClN4O2. The number of carbonyl (C=O) groups excluding carboxylic acids is 2. The normalized spacial score (nSPS) is 10.6. The Kier molecular flexibility index (Phi) is 6.15. The van der Waals surface area contributed by atoms with Crippen molar-refractivity contribution in [3.05, 3.63) is 76.5 Å². The number of nitriles is 1. The second kappa shape index (κ2) is 8.52. The number of nitrogens with zero attached hydrogens (tertiary/aromatic N) is 1. The summed E-state index contributed by atoms with van der Waals surface area (Å²) in [5.74, 6) is -1.03. The van der Waals surface area contributed by atoms with E-state index in [-0.39, 0.29) is 12.1 Å². The van der Waals surface area contributed by atoms with Gasteiger partial charge in [0.2, 0.25) is 0 Å². The third kappa shape index (κ3) is 5.37. The molecule has 0 fully saturated rings. The Labute approximate surface area is 149 Å². The Hall–Kier alpha value is -3.30. The van der Waals surface area contributed by atoms with Crippen molar-refractivity contribution in [1.29, 1.82) is 5.26 Å². The molecule has 126 valence electrons. The third-order valence-electron chi connectivity index (χ3n) is 3.25. The monoisotopic (exact) mass is 354 g/mol. The molecule has 0 aliphatic carbocycles. The van der Waals surface area contributed by atoms with Crippen molar-refractivity contribution in [2.24, 2.45) is 0 Å². The average molecular weight is 355 g/mol. The number of anilines is 1. The highest BCUT2D eigenvalue weighted by Crippen LogP contribution is 2.09. The molecule has 0 spiro atoms. The average Bonchev–Trinajstić information content (AvgIpc) is 2.62. The van der Waals surface area contributed by atoms with Crippen LogP contribution in [0.4, 0.5) is 5.69 Å². The molecule has 0 unspecified atom stereocenters. The Balaban J connectivity index is 1.95. The number of benzene rings is 2. The first-order chi connectivity index (χ1) is 12.0. The Bertz CT molecular complexity index is 837. The number of rotatable bonds is 5. The lowest BCUT2D eigenvalue weighted by Crippen LogP contribution is -2.26. The largest absolute Gasteiger partial charge is 0.399 e. The Morgan fingerprint density at radius 1 is 1.12 bits per heavy atom. The molecular weight excluding hydrogens is 340 g/mol.